The molecule has 3 nitrogen and oxygen atoms in total. The van der Waals surface area contributed by atoms with E-state index in [0.29, 0.717) is 6.04 Å². The van der Waals surface area contributed by atoms with Crippen LogP contribution in [0.5, 0.6) is 0 Å². The standard InChI is InChI=1S/C12H27N3/c1-12(2)15(9-5-6-13)11-10-14-7-3-4-8-14/h12H,3-11,13H2,1-2H3. The molecular weight excluding hydrogens is 186 g/mol. The van der Waals surface area contributed by atoms with Crippen molar-refractivity contribution < 1.29 is 0 Å². The summed E-state index contributed by atoms with van der Waals surface area (Å²) in [6.07, 6.45) is 3.91. The maximum Gasteiger partial charge on any atom is 0.0112 e. The van der Waals surface area contributed by atoms with Gasteiger partial charge in [0.15, 0.2) is 0 Å². The van der Waals surface area contributed by atoms with Crippen LogP contribution in [0.25, 0.3) is 0 Å². The highest BCUT2D eigenvalue weighted by molar-refractivity contribution is 4.70. The van der Waals surface area contributed by atoms with Crippen molar-refractivity contribution in [3.8, 4) is 0 Å². The van der Waals surface area contributed by atoms with Crippen LogP contribution in [0.4, 0.5) is 0 Å². The minimum atomic E-state index is 0.652. The fourth-order valence-corrected chi connectivity index (χ4v) is 2.20. The zero-order valence-corrected chi connectivity index (χ0v) is 10.4. The lowest BCUT2D eigenvalue weighted by molar-refractivity contribution is 0.188. The van der Waals surface area contributed by atoms with Crippen LogP contribution in [0.3, 0.4) is 0 Å². The summed E-state index contributed by atoms with van der Waals surface area (Å²) in [5.74, 6) is 0. The van der Waals surface area contributed by atoms with Gasteiger partial charge in [0.25, 0.3) is 0 Å². The van der Waals surface area contributed by atoms with Gasteiger partial charge in [-0.3, -0.25) is 4.90 Å². The van der Waals surface area contributed by atoms with E-state index < -0.39 is 0 Å². The zero-order valence-electron chi connectivity index (χ0n) is 10.4. The van der Waals surface area contributed by atoms with E-state index in [-0.39, 0.29) is 0 Å². The first-order valence-electron chi connectivity index (χ1n) is 6.40. The summed E-state index contributed by atoms with van der Waals surface area (Å²) in [6.45, 7) is 11.6. The Kier molecular flexibility index (Phi) is 6.22. The second kappa shape index (κ2) is 7.20. The molecule has 1 saturated heterocycles. The van der Waals surface area contributed by atoms with Gasteiger partial charge >= 0.3 is 0 Å². The Labute approximate surface area is 94.6 Å². The summed E-state index contributed by atoms with van der Waals surface area (Å²) in [4.78, 5) is 5.13. The number of nitrogens with two attached hydrogens (primary N) is 1. The van der Waals surface area contributed by atoms with E-state index in [1.165, 1.54) is 39.0 Å². The zero-order chi connectivity index (χ0) is 11.1. The molecule has 1 heterocycles. The number of rotatable bonds is 7. The molecule has 0 amide bonds. The third-order valence-electron chi connectivity index (χ3n) is 3.28. The maximum absolute atomic E-state index is 5.56. The van der Waals surface area contributed by atoms with Crippen molar-refractivity contribution in [1.82, 2.24) is 9.80 Å². The predicted octanol–water partition coefficient (Wildman–Crippen LogP) is 1.14. The van der Waals surface area contributed by atoms with Gasteiger partial charge < -0.3 is 10.6 Å². The second-order valence-corrected chi connectivity index (χ2v) is 4.82. The van der Waals surface area contributed by atoms with Crippen LogP contribution in [0, 0.1) is 0 Å². The molecule has 2 N–H and O–H groups in total. The van der Waals surface area contributed by atoms with Crippen LogP contribution < -0.4 is 5.73 Å². The molecule has 1 aliphatic rings. The molecule has 0 bridgehead atoms. The Morgan fingerprint density at radius 1 is 1.20 bits per heavy atom. The van der Waals surface area contributed by atoms with Gasteiger partial charge in [-0.15, -0.1) is 0 Å². The van der Waals surface area contributed by atoms with Crippen molar-refractivity contribution in [2.75, 3.05) is 39.3 Å². The number of nitrogens with zero attached hydrogens (tertiary/aromatic N) is 2. The molecule has 0 aromatic carbocycles. The van der Waals surface area contributed by atoms with Crippen LogP contribution in [-0.4, -0.2) is 55.1 Å². The van der Waals surface area contributed by atoms with Crippen LogP contribution in [-0.2, 0) is 0 Å². The minimum Gasteiger partial charge on any atom is -0.330 e. The lowest BCUT2D eigenvalue weighted by atomic mass is 10.2. The van der Waals surface area contributed by atoms with Crippen molar-refractivity contribution in [1.29, 1.82) is 0 Å². The second-order valence-electron chi connectivity index (χ2n) is 4.82. The van der Waals surface area contributed by atoms with E-state index in [4.69, 9.17) is 5.73 Å². The molecule has 0 aromatic rings. The summed E-state index contributed by atoms with van der Waals surface area (Å²) in [6, 6.07) is 0.652. The normalized spacial score (nSPS) is 18.2. The lowest BCUT2D eigenvalue weighted by Gasteiger charge is -2.28. The van der Waals surface area contributed by atoms with Crippen LogP contribution in [0.1, 0.15) is 33.1 Å². The van der Waals surface area contributed by atoms with Gasteiger partial charge in [-0.1, -0.05) is 0 Å². The summed E-state index contributed by atoms with van der Waals surface area (Å²) >= 11 is 0. The van der Waals surface area contributed by atoms with E-state index in [1.54, 1.807) is 0 Å². The van der Waals surface area contributed by atoms with Gasteiger partial charge in [0.1, 0.15) is 0 Å². The maximum atomic E-state index is 5.56. The van der Waals surface area contributed by atoms with E-state index in [0.717, 1.165) is 19.5 Å². The molecule has 0 spiro atoms. The first kappa shape index (κ1) is 12.9. The summed E-state index contributed by atoms with van der Waals surface area (Å²) in [5, 5.41) is 0. The van der Waals surface area contributed by atoms with E-state index >= 15 is 0 Å². The van der Waals surface area contributed by atoms with Gasteiger partial charge in [-0.2, -0.15) is 0 Å². The van der Waals surface area contributed by atoms with Crippen molar-refractivity contribution in [3.05, 3.63) is 0 Å². The molecule has 3 heteroatoms. The highest BCUT2D eigenvalue weighted by Crippen LogP contribution is 2.07. The Morgan fingerprint density at radius 2 is 1.87 bits per heavy atom. The van der Waals surface area contributed by atoms with Crippen molar-refractivity contribution >= 4 is 0 Å². The average Bonchev–Trinajstić information content (AvgIpc) is 2.70. The third-order valence-corrected chi connectivity index (χ3v) is 3.28. The fourth-order valence-electron chi connectivity index (χ4n) is 2.20. The van der Waals surface area contributed by atoms with E-state index in [9.17, 15) is 0 Å². The monoisotopic (exact) mass is 213 g/mol. The van der Waals surface area contributed by atoms with Crippen molar-refractivity contribution in [2.45, 2.75) is 39.2 Å². The highest BCUT2D eigenvalue weighted by atomic mass is 15.2. The van der Waals surface area contributed by atoms with Gasteiger partial charge in [-0.25, -0.2) is 0 Å². The average molecular weight is 213 g/mol. The summed E-state index contributed by atoms with van der Waals surface area (Å²) in [7, 11) is 0. The van der Waals surface area contributed by atoms with Gasteiger partial charge in [-0.05, 0) is 59.3 Å². The minimum absolute atomic E-state index is 0.652. The molecular formula is C12H27N3. The van der Waals surface area contributed by atoms with Crippen LogP contribution in [0.2, 0.25) is 0 Å². The molecule has 1 fully saturated rings. The molecule has 1 aliphatic heterocycles. The Bertz CT molecular complexity index is 153. The molecule has 0 unspecified atom stereocenters. The molecule has 0 saturated carbocycles. The van der Waals surface area contributed by atoms with Gasteiger partial charge in [0.05, 0.1) is 0 Å². The molecule has 1 rings (SSSR count). The quantitative estimate of drug-likeness (QED) is 0.688. The first-order valence-corrected chi connectivity index (χ1v) is 6.40. The van der Waals surface area contributed by atoms with Crippen molar-refractivity contribution in [2.24, 2.45) is 5.73 Å². The van der Waals surface area contributed by atoms with E-state index in [2.05, 4.69) is 23.6 Å². The number of likely N-dealkylation sites (tertiary alicyclic amines) is 1. The molecule has 90 valence electrons. The summed E-state index contributed by atoms with van der Waals surface area (Å²) < 4.78 is 0. The Balaban J connectivity index is 2.17. The lowest BCUT2D eigenvalue weighted by Crippen LogP contribution is -2.39. The molecule has 15 heavy (non-hydrogen) atoms. The largest absolute Gasteiger partial charge is 0.330 e. The third kappa shape index (κ3) is 4.96. The summed E-state index contributed by atoms with van der Waals surface area (Å²) in [5.41, 5.74) is 5.56. The number of hydrogen-bond donors (Lipinski definition) is 1. The smallest absolute Gasteiger partial charge is 0.0112 e. The first-order chi connectivity index (χ1) is 7.24. The fraction of sp³-hybridized carbons (Fsp3) is 1.00. The highest BCUT2D eigenvalue weighted by Gasteiger charge is 2.14. The molecule has 0 radical (unpaired) electrons. The molecule has 0 aliphatic carbocycles. The van der Waals surface area contributed by atoms with Crippen LogP contribution in [0.15, 0.2) is 0 Å². The topological polar surface area (TPSA) is 32.5 Å². The Morgan fingerprint density at radius 3 is 2.40 bits per heavy atom. The SMILES string of the molecule is CC(C)N(CCCN)CCN1CCCC1. The Hall–Kier alpha value is -0.120. The molecule has 0 aromatic heterocycles. The van der Waals surface area contributed by atoms with Gasteiger partial charge in [0, 0.05) is 19.1 Å². The van der Waals surface area contributed by atoms with E-state index in [1.807, 2.05) is 0 Å². The molecule has 0 atom stereocenters. The van der Waals surface area contributed by atoms with Crippen molar-refractivity contribution in [3.63, 3.8) is 0 Å². The van der Waals surface area contributed by atoms with Crippen LogP contribution >= 0.6 is 0 Å². The van der Waals surface area contributed by atoms with Gasteiger partial charge in [0.2, 0.25) is 0 Å². The predicted molar refractivity (Wildman–Crippen MR) is 66.1 cm³/mol. The number of hydrogen-bond acceptors (Lipinski definition) is 3.